The summed E-state index contributed by atoms with van der Waals surface area (Å²) in [5, 5.41) is 4.29. The minimum atomic E-state index is 1.42. The minimum Gasteiger partial charge on any atom is -0.350 e. The molecule has 0 aliphatic carbocycles. The number of hydrogen-bond acceptors (Lipinski definition) is 2. The van der Waals surface area contributed by atoms with Crippen LogP contribution >= 0.6 is 0 Å². The summed E-state index contributed by atoms with van der Waals surface area (Å²) < 4.78 is 2.12. The van der Waals surface area contributed by atoms with Crippen LogP contribution in [0.2, 0.25) is 0 Å². The number of rotatable bonds is 0. The van der Waals surface area contributed by atoms with Crippen LogP contribution in [0.25, 0.3) is 0 Å². The molecule has 0 saturated heterocycles. The number of hydrogen-bond donors (Lipinski definition) is 0. The van der Waals surface area contributed by atoms with Gasteiger partial charge < -0.3 is 4.52 Å². The molecule has 0 fully saturated rings. The van der Waals surface area contributed by atoms with E-state index in [1.807, 2.05) is 0 Å². The normalized spacial score (nSPS) is 18.5. The molecule has 0 radical (unpaired) electrons. The highest BCUT2D eigenvalue weighted by atomic mass is 17.6. The lowest BCUT2D eigenvalue weighted by molar-refractivity contribution is -0.533. The third-order valence-corrected chi connectivity index (χ3v) is 0.449. The average molecular weight is 89.1 g/mol. The zero-order valence-electron chi connectivity index (χ0n) is 3.38. The molecule has 0 unspecified atom stereocenters. The van der Waals surface area contributed by atoms with Gasteiger partial charge >= 0.3 is 6.26 Å². The highest BCUT2D eigenvalue weighted by Gasteiger charge is 2.03. The summed E-state index contributed by atoms with van der Waals surface area (Å²) in [7, 11) is 1.66. The third-order valence-electron chi connectivity index (χ3n) is 0.449. The van der Waals surface area contributed by atoms with E-state index in [2.05, 4.69) is 14.4 Å². The van der Waals surface area contributed by atoms with E-state index in [0.717, 1.165) is 0 Å². The maximum Gasteiger partial charge on any atom is 0.304 e. The average Bonchev–Trinajstić information content (AvgIpc) is 1.86. The first kappa shape index (κ1) is 3.49. The Hall–Kier alpha value is -0.700. The molecule has 0 spiro atoms. The quantitative estimate of drug-likeness (QED) is 0.318. The van der Waals surface area contributed by atoms with Gasteiger partial charge in [0, 0.05) is 0 Å². The fourth-order valence-corrected chi connectivity index (χ4v) is 0.208. The highest BCUT2D eigenvalue weighted by molar-refractivity contribution is 4.60. The van der Waals surface area contributed by atoms with Gasteiger partial charge in [-0.25, -0.2) is 0 Å². The molecule has 0 N–H and O–H groups in total. The molecule has 0 aromatic carbocycles. The topological polar surface area (TPSA) is 21.2 Å². The second-order valence-electron chi connectivity index (χ2n) is 0.935. The first-order valence-corrected chi connectivity index (χ1v) is 1.55. The van der Waals surface area contributed by atoms with Crippen LogP contribution in [-0.2, 0) is 14.4 Å². The third kappa shape index (κ3) is 0.440. The van der Waals surface area contributed by atoms with Crippen LogP contribution in [0.5, 0.6) is 0 Å². The zero-order valence-corrected chi connectivity index (χ0v) is 3.38. The van der Waals surface area contributed by atoms with Gasteiger partial charge in [0.2, 0.25) is 13.4 Å². The van der Waals surface area contributed by atoms with Gasteiger partial charge in [-0.2, -0.15) is 0 Å². The van der Waals surface area contributed by atoms with Crippen molar-refractivity contribution in [1.82, 2.24) is 0 Å². The van der Waals surface area contributed by atoms with Gasteiger partial charge in [-0.15, -0.1) is 0 Å². The van der Waals surface area contributed by atoms with Crippen molar-refractivity contribution in [3.05, 3.63) is 12.5 Å². The molecule has 6 heavy (non-hydrogen) atoms. The molecule has 1 rings (SSSR count). The van der Waals surface area contributed by atoms with E-state index >= 15 is 0 Å². The summed E-state index contributed by atoms with van der Waals surface area (Å²) in [6, 6.07) is 0. The van der Waals surface area contributed by atoms with Crippen molar-refractivity contribution in [3.63, 3.8) is 0 Å². The molecule has 0 bridgehead atoms. The van der Waals surface area contributed by atoms with E-state index in [-0.39, 0.29) is 0 Å². The van der Waals surface area contributed by atoms with E-state index in [1.54, 1.807) is 13.4 Å². The first-order valence-electron chi connectivity index (χ1n) is 1.55. The zero-order chi connectivity index (χ0) is 4.41. The predicted octanol–water partition coefficient (Wildman–Crippen LogP) is 0.516. The van der Waals surface area contributed by atoms with Gasteiger partial charge in [0.25, 0.3) is 0 Å². The Bertz CT molecular complexity index is 68.4. The van der Waals surface area contributed by atoms with E-state index in [9.17, 15) is 0 Å². The molecule has 1 aliphatic heterocycles. The summed E-state index contributed by atoms with van der Waals surface area (Å²) in [6.45, 7) is 0. The van der Waals surface area contributed by atoms with Crippen molar-refractivity contribution in [2.45, 2.75) is 0 Å². The maximum atomic E-state index is 4.29. The van der Waals surface area contributed by atoms with Gasteiger partial charge in [0.1, 0.15) is 0 Å². The second-order valence-corrected chi connectivity index (χ2v) is 0.935. The monoisotopic (exact) mass is 89.0 g/mol. The van der Waals surface area contributed by atoms with E-state index in [0.29, 0.717) is 0 Å². The Labute approximate surface area is 35.3 Å². The van der Waals surface area contributed by atoms with E-state index in [1.165, 1.54) is 6.26 Å². The molecule has 0 atom stereocenters. The van der Waals surface area contributed by atoms with Crippen LogP contribution in [0.3, 0.4) is 0 Å². The summed E-state index contributed by atoms with van der Waals surface area (Å²) in [4.78, 5) is 4.27. The van der Waals surface area contributed by atoms with Crippen molar-refractivity contribution < 1.29 is 14.4 Å². The van der Waals surface area contributed by atoms with Crippen LogP contribution in [0, 0.1) is 0 Å². The lowest BCUT2D eigenvalue weighted by Gasteiger charge is -1.93. The molecule has 1 aliphatic rings. The summed E-state index contributed by atoms with van der Waals surface area (Å²) in [5.41, 5.74) is 0. The second kappa shape index (κ2) is 1.18. The fourth-order valence-electron chi connectivity index (χ4n) is 0.208. The molecular formula is C3H5O3+. The Balaban J connectivity index is 2.38. The smallest absolute Gasteiger partial charge is 0.304 e. The summed E-state index contributed by atoms with van der Waals surface area (Å²) in [6.07, 6.45) is 3.00. The van der Waals surface area contributed by atoms with Crippen molar-refractivity contribution in [2.75, 3.05) is 7.11 Å². The highest BCUT2D eigenvalue weighted by Crippen LogP contribution is 2.02. The van der Waals surface area contributed by atoms with E-state index < -0.39 is 0 Å². The molecule has 34 valence electrons. The molecular weight excluding hydrogens is 84.0 g/mol. The largest absolute Gasteiger partial charge is 0.350 e. The van der Waals surface area contributed by atoms with Crippen LogP contribution in [0.15, 0.2) is 12.5 Å². The van der Waals surface area contributed by atoms with Crippen molar-refractivity contribution in [2.24, 2.45) is 0 Å². The first-order chi connectivity index (χ1) is 2.89. The van der Waals surface area contributed by atoms with Crippen LogP contribution in [-0.4, -0.2) is 7.11 Å². The Morgan fingerprint density at radius 2 is 2.50 bits per heavy atom. The Kier molecular flexibility index (Phi) is 0.686. The fraction of sp³-hybridized carbons (Fsp3) is 0.333. The summed E-state index contributed by atoms with van der Waals surface area (Å²) >= 11 is 0. The molecule has 1 heterocycles. The van der Waals surface area contributed by atoms with Crippen molar-refractivity contribution in [1.29, 1.82) is 0 Å². The van der Waals surface area contributed by atoms with Crippen LogP contribution < -0.4 is 0 Å². The van der Waals surface area contributed by atoms with Gasteiger partial charge in [-0.05, 0) is 0 Å². The lowest BCUT2D eigenvalue weighted by atomic mass is 11.1. The summed E-state index contributed by atoms with van der Waals surface area (Å²) in [5.74, 6) is 0. The maximum absolute atomic E-state index is 4.29. The van der Waals surface area contributed by atoms with Gasteiger partial charge in [0.15, 0.2) is 5.04 Å². The molecule has 3 heteroatoms. The minimum absolute atomic E-state index is 1.42. The predicted molar refractivity (Wildman–Crippen MR) is 18.3 cm³/mol. The van der Waals surface area contributed by atoms with Crippen LogP contribution in [0.4, 0.5) is 0 Å². The molecule has 0 amide bonds. The Morgan fingerprint density at radius 1 is 1.67 bits per heavy atom. The van der Waals surface area contributed by atoms with Crippen molar-refractivity contribution >= 4 is 0 Å². The molecule has 3 nitrogen and oxygen atoms in total. The SMILES string of the molecule is C[O+]1C=COO1. The van der Waals surface area contributed by atoms with Crippen LogP contribution in [0.1, 0.15) is 0 Å². The molecule has 0 aromatic rings. The van der Waals surface area contributed by atoms with Gasteiger partial charge in [0.05, 0.1) is 0 Å². The molecule has 0 aromatic heterocycles. The van der Waals surface area contributed by atoms with Gasteiger partial charge in [-0.3, -0.25) is 4.89 Å². The molecule has 0 saturated carbocycles. The standard InChI is InChI=1S/C3H5O3/c1-6-3-2-4-5-6/h2-3H,1H3/q+1. The van der Waals surface area contributed by atoms with E-state index in [4.69, 9.17) is 0 Å². The van der Waals surface area contributed by atoms with Crippen molar-refractivity contribution in [3.8, 4) is 0 Å². The Morgan fingerprint density at radius 3 is 2.67 bits per heavy atom. The van der Waals surface area contributed by atoms with Gasteiger partial charge in [-0.1, -0.05) is 0 Å². The lowest BCUT2D eigenvalue weighted by Crippen LogP contribution is -1.91.